The maximum Gasteiger partial charge on any atom is 2.00 e. The Morgan fingerprint density at radius 1 is 0.439 bits per heavy atom. The number of hydrogen-bond acceptors (Lipinski definition) is 6. The largest absolute Gasteiger partial charge is 2.00 e. The summed E-state index contributed by atoms with van der Waals surface area (Å²) in [6, 6.07) is 41.2. The van der Waals surface area contributed by atoms with E-state index in [0.29, 0.717) is 0 Å². The molecule has 6 aromatic carbocycles. The van der Waals surface area contributed by atoms with Gasteiger partial charge in [-0.05, 0) is 56.9 Å². The quantitative estimate of drug-likeness (QED) is 0.137. The number of benzene rings is 6. The summed E-state index contributed by atoms with van der Waals surface area (Å²) in [5, 5.41) is 6.78. The van der Waals surface area contributed by atoms with E-state index < -0.39 is 0 Å². The number of rotatable bonds is 2. The standard InChI is InChI=1S/2C17H11NS2.Zn/c2*19-14-10-9-11-5-1-2-6-12(11)16(14)17-18-13-7-3-4-8-15(13)20-17;/h2*1-10,19H;/q;;+2/p-2. The SMILES string of the molecule is [S-]c1ccc2ccccc2c1-c1nc2ccccc2s1.[S-]c1ccc2ccccc2c1-c1nc2ccccc2s1.[Zn+2]. The van der Waals surface area contributed by atoms with Gasteiger partial charge < -0.3 is 25.3 Å². The molecule has 0 saturated heterocycles. The van der Waals surface area contributed by atoms with Gasteiger partial charge in [-0.3, -0.25) is 0 Å². The van der Waals surface area contributed by atoms with E-state index in [4.69, 9.17) is 35.2 Å². The summed E-state index contributed by atoms with van der Waals surface area (Å²) in [5.74, 6) is 0. The van der Waals surface area contributed by atoms with Gasteiger partial charge >= 0.3 is 19.5 Å². The van der Waals surface area contributed by atoms with Crippen LogP contribution < -0.4 is 0 Å². The smallest absolute Gasteiger partial charge is 0.779 e. The first-order chi connectivity index (χ1) is 19.7. The Bertz CT molecular complexity index is 1950. The first kappa shape index (κ1) is 27.8. The van der Waals surface area contributed by atoms with Crippen LogP contribution in [0.5, 0.6) is 0 Å². The van der Waals surface area contributed by atoms with E-state index in [1.807, 2.05) is 72.8 Å². The van der Waals surface area contributed by atoms with Gasteiger partial charge in [0.1, 0.15) is 10.0 Å². The van der Waals surface area contributed by atoms with Crippen LogP contribution in [0.15, 0.2) is 131 Å². The van der Waals surface area contributed by atoms with Crippen LogP contribution in [-0.4, -0.2) is 9.97 Å². The second kappa shape index (κ2) is 11.9. The number of para-hydroxylation sites is 2. The second-order valence-corrected chi connectivity index (χ2v) is 12.2. The summed E-state index contributed by atoms with van der Waals surface area (Å²) in [4.78, 5) is 11.2. The van der Waals surface area contributed by atoms with Crippen molar-refractivity contribution in [3.8, 4) is 21.1 Å². The molecule has 0 spiro atoms. The summed E-state index contributed by atoms with van der Waals surface area (Å²) >= 11 is 14.5. The van der Waals surface area contributed by atoms with Crippen molar-refractivity contribution >= 4 is 89.9 Å². The topological polar surface area (TPSA) is 25.8 Å². The molecule has 0 saturated carbocycles. The molecule has 41 heavy (non-hydrogen) atoms. The van der Waals surface area contributed by atoms with Gasteiger partial charge in [0.15, 0.2) is 0 Å². The Hall–Kier alpha value is -3.32. The predicted molar refractivity (Wildman–Crippen MR) is 176 cm³/mol. The van der Waals surface area contributed by atoms with E-state index in [0.717, 1.165) is 42.0 Å². The van der Waals surface area contributed by atoms with Crippen molar-refractivity contribution in [2.45, 2.75) is 9.79 Å². The second-order valence-electron chi connectivity index (χ2n) is 9.29. The summed E-state index contributed by atoms with van der Waals surface area (Å²) < 4.78 is 2.40. The molecular weight excluding hydrogens is 630 g/mol. The van der Waals surface area contributed by atoms with Gasteiger partial charge in [0.05, 0.1) is 20.4 Å². The third kappa shape index (κ3) is 5.37. The molecule has 8 rings (SSSR count). The van der Waals surface area contributed by atoms with Gasteiger partial charge in [-0.25, -0.2) is 9.97 Å². The van der Waals surface area contributed by atoms with Crippen LogP contribution in [-0.2, 0) is 44.7 Å². The average Bonchev–Trinajstić information content (AvgIpc) is 3.61. The Kier molecular flexibility index (Phi) is 8.07. The van der Waals surface area contributed by atoms with E-state index in [-0.39, 0.29) is 19.5 Å². The Morgan fingerprint density at radius 3 is 1.27 bits per heavy atom. The third-order valence-corrected chi connectivity index (χ3v) is 9.59. The molecule has 2 heterocycles. The van der Waals surface area contributed by atoms with E-state index >= 15 is 0 Å². The summed E-state index contributed by atoms with van der Waals surface area (Å²) in [6.45, 7) is 0. The van der Waals surface area contributed by atoms with E-state index in [1.54, 1.807) is 22.7 Å². The van der Waals surface area contributed by atoms with Crippen LogP contribution in [0.1, 0.15) is 0 Å². The summed E-state index contributed by atoms with van der Waals surface area (Å²) in [7, 11) is 0. The number of nitrogens with zero attached hydrogens (tertiary/aromatic N) is 2. The molecule has 7 heteroatoms. The molecule has 0 radical (unpaired) electrons. The molecule has 0 bridgehead atoms. The van der Waals surface area contributed by atoms with E-state index in [1.165, 1.54) is 30.9 Å². The monoisotopic (exact) mass is 648 g/mol. The van der Waals surface area contributed by atoms with E-state index in [9.17, 15) is 0 Å². The van der Waals surface area contributed by atoms with Crippen LogP contribution in [0.25, 0.3) is 63.1 Å². The Balaban J connectivity index is 0.000000144. The third-order valence-electron chi connectivity index (χ3n) is 6.80. The number of aromatic nitrogens is 2. The molecule has 2 nitrogen and oxygen atoms in total. The van der Waals surface area contributed by atoms with Crippen molar-refractivity contribution in [3.63, 3.8) is 0 Å². The van der Waals surface area contributed by atoms with Crippen molar-refractivity contribution in [3.05, 3.63) is 121 Å². The molecule has 192 valence electrons. The molecule has 0 N–H and O–H groups in total. The van der Waals surface area contributed by atoms with Crippen molar-refractivity contribution in [1.29, 1.82) is 0 Å². The zero-order valence-electron chi connectivity index (χ0n) is 21.8. The van der Waals surface area contributed by atoms with Gasteiger partial charge in [0, 0.05) is 0 Å². The number of hydrogen-bond donors (Lipinski definition) is 0. The van der Waals surface area contributed by atoms with Crippen molar-refractivity contribution in [2.75, 3.05) is 0 Å². The maximum absolute atomic E-state index is 5.53. The van der Waals surface area contributed by atoms with Crippen LogP contribution in [0.3, 0.4) is 0 Å². The molecule has 8 aromatic rings. The molecule has 0 amide bonds. The van der Waals surface area contributed by atoms with Crippen molar-refractivity contribution in [2.24, 2.45) is 0 Å². The zero-order valence-corrected chi connectivity index (χ0v) is 28.0. The van der Waals surface area contributed by atoms with Crippen molar-refractivity contribution in [1.82, 2.24) is 9.97 Å². The normalized spacial score (nSPS) is 10.9. The average molecular weight is 650 g/mol. The van der Waals surface area contributed by atoms with Crippen molar-refractivity contribution < 1.29 is 19.5 Å². The van der Waals surface area contributed by atoms with E-state index in [2.05, 4.69) is 48.5 Å². The summed E-state index contributed by atoms with van der Waals surface area (Å²) in [6.07, 6.45) is 0. The number of fused-ring (bicyclic) bond motifs is 4. The van der Waals surface area contributed by atoms with Gasteiger partial charge in [-0.2, -0.15) is 9.79 Å². The molecule has 0 aliphatic carbocycles. The molecule has 0 fully saturated rings. The predicted octanol–water partition coefficient (Wildman–Crippen LogP) is 10.0. The first-order valence-corrected chi connectivity index (χ1v) is 15.2. The van der Waals surface area contributed by atoms with Crippen LogP contribution in [0.4, 0.5) is 0 Å². The molecule has 0 atom stereocenters. The summed E-state index contributed by atoms with van der Waals surface area (Å²) in [5.41, 5.74) is 4.24. The maximum atomic E-state index is 5.53. The minimum Gasteiger partial charge on any atom is -0.779 e. The van der Waals surface area contributed by atoms with Gasteiger partial charge in [-0.15, -0.1) is 22.7 Å². The molecule has 0 aliphatic rings. The van der Waals surface area contributed by atoms with Crippen LogP contribution in [0, 0.1) is 0 Å². The fourth-order valence-electron chi connectivity index (χ4n) is 4.90. The van der Waals surface area contributed by atoms with Gasteiger partial charge in [0.2, 0.25) is 0 Å². The first-order valence-electron chi connectivity index (χ1n) is 12.7. The Morgan fingerprint density at radius 2 is 0.829 bits per heavy atom. The van der Waals surface area contributed by atoms with Crippen LogP contribution in [0.2, 0.25) is 0 Å². The molecule has 0 unspecified atom stereocenters. The van der Waals surface area contributed by atoms with Crippen LogP contribution >= 0.6 is 22.7 Å². The fraction of sp³-hybridized carbons (Fsp3) is 0. The number of thiazole rings is 2. The zero-order chi connectivity index (χ0) is 27.1. The minimum absolute atomic E-state index is 0. The van der Waals surface area contributed by atoms with Gasteiger partial charge in [0.25, 0.3) is 0 Å². The molecule has 2 aromatic heterocycles. The Labute approximate surface area is 269 Å². The van der Waals surface area contributed by atoms with Gasteiger partial charge in [-0.1, -0.05) is 97.1 Å². The molecule has 0 aliphatic heterocycles. The molecular formula is C34H20N2S4Zn. The minimum atomic E-state index is 0. The fourth-order valence-corrected chi connectivity index (χ4v) is 7.66.